The maximum atomic E-state index is 4.69. The van der Waals surface area contributed by atoms with E-state index < -0.39 is 0 Å². The van der Waals surface area contributed by atoms with Crippen LogP contribution in [0.3, 0.4) is 0 Å². The molecule has 1 atom stereocenters. The first kappa shape index (κ1) is 14.8. The smallest absolute Gasteiger partial charge is 0.232 e. The second kappa shape index (κ2) is 6.72. The normalized spacial score (nSPS) is 19.0. The van der Waals surface area contributed by atoms with E-state index in [1.54, 1.807) is 0 Å². The average molecular weight is 278 g/mol. The molecule has 0 aliphatic carbocycles. The van der Waals surface area contributed by atoms with E-state index in [4.69, 9.17) is 0 Å². The molecule has 1 N–H and O–H groups in total. The topological polar surface area (TPSA) is 57.2 Å². The van der Waals surface area contributed by atoms with E-state index >= 15 is 0 Å². The van der Waals surface area contributed by atoms with E-state index in [1.165, 1.54) is 19.3 Å². The van der Waals surface area contributed by atoms with Crippen molar-refractivity contribution in [2.24, 2.45) is 0 Å². The van der Waals surface area contributed by atoms with Gasteiger partial charge < -0.3 is 15.1 Å². The Labute approximate surface area is 121 Å². The molecule has 1 unspecified atom stereocenters. The first-order valence-electron chi connectivity index (χ1n) is 7.65. The first-order chi connectivity index (χ1) is 9.69. The number of nitrogens with one attached hydrogen (secondary N) is 1. The monoisotopic (exact) mass is 278 g/mol. The third-order valence-corrected chi connectivity index (χ3v) is 3.94. The maximum absolute atomic E-state index is 4.69. The van der Waals surface area contributed by atoms with E-state index in [9.17, 15) is 0 Å². The van der Waals surface area contributed by atoms with Crippen molar-refractivity contribution in [2.45, 2.75) is 46.1 Å². The Morgan fingerprint density at radius 1 is 1.20 bits per heavy atom. The van der Waals surface area contributed by atoms with Gasteiger partial charge in [-0.1, -0.05) is 0 Å². The molecule has 2 heterocycles. The van der Waals surface area contributed by atoms with Crippen LogP contribution in [0, 0.1) is 0 Å². The van der Waals surface area contributed by atoms with Crippen molar-refractivity contribution in [3.05, 3.63) is 0 Å². The third kappa shape index (κ3) is 3.11. The van der Waals surface area contributed by atoms with Crippen LogP contribution in [0.4, 0.5) is 17.8 Å². The molecule has 1 fully saturated rings. The summed E-state index contributed by atoms with van der Waals surface area (Å²) in [6.07, 6.45) is 3.72. The zero-order valence-corrected chi connectivity index (χ0v) is 13.1. The van der Waals surface area contributed by atoms with Crippen LogP contribution in [0.5, 0.6) is 0 Å². The molecular formula is C14H26N6. The molecule has 0 saturated carbocycles. The fourth-order valence-corrected chi connectivity index (χ4v) is 2.64. The number of piperidine rings is 1. The predicted octanol–water partition coefficient (Wildman–Crippen LogP) is 2.14. The minimum atomic E-state index is 0.500. The molecule has 20 heavy (non-hydrogen) atoms. The van der Waals surface area contributed by atoms with Gasteiger partial charge in [0.1, 0.15) is 0 Å². The Balaban J connectivity index is 2.34. The van der Waals surface area contributed by atoms with Crippen molar-refractivity contribution in [3.8, 4) is 0 Å². The molecule has 1 aliphatic heterocycles. The van der Waals surface area contributed by atoms with Crippen molar-refractivity contribution < 1.29 is 0 Å². The Kier molecular flexibility index (Phi) is 4.98. The Morgan fingerprint density at radius 3 is 2.55 bits per heavy atom. The highest BCUT2D eigenvalue weighted by molar-refractivity contribution is 5.45. The van der Waals surface area contributed by atoms with Gasteiger partial charge in [0.15, 0.2) is 0 Å². The fraction of sp³-hybridized carbons (Fsp3) is 0.786. The lowest BCUT2D eigenvalue weighted by Crippen LogP contribution is -2.39. The molecule has 0 amide bonds. The highest BCUT2D eigenvalue weighted by Gasteiger charge is 2.22. The van der Waals surface area contributed by atoms with Crippen LogP contribution in [0.15, 0.2) is 0 Å². The third-order valence-electron chi connectivity index (χ3n) is 3.94. The summed E-state index contributed by atoms with van der Waals surface area (Å²) in [6.45, 7) is 9.33. The Hall–Kier alpha value is -1.59. The minimum Gasteiger partial charge on any atom is -0.357 e. The van der Waals surface area contributed by atoms with Gasteiger partial charge >= 0.3 is 0 Å². The van der Waals surface area contributed by atoms with Gasteiger partial charge in [-0.3, -0.25) is 0 Å². The lowest BCUT2D eigenvalue weighted by atomic mass is 10.0. The van der Waals surface area contributed by atoms with Crippen molar-refractivity contribution >= 4 is 17.8 Å². The summed E-state index contributed by atoms with van der Waals surface area (Å²) in [4.78, 5) is 18.2. The summed E-state index contributed by atoms with van der Waals surface area (Å²) in [5, 5.41) is 3.05. The minimum absolute atomic E-state index is 0.500. The van der Waals surface area contributed by atoms with Gasteiger partial charge in [0.2, 0.25) is 17.8 Å². The molecular weight excluding hydrogens is 252 g/mol. The second-order valence-corrected chi connectivity index (χ2v) is 5.22. The average Bonchev–Trinajstić information content (AvgIpc) is 2.48. The summed E-state index contributed by atoms with van der Waals surface area (Å²) >= 11 is 0. The molecule has 0 aromatic carbocycles. The molecule has 1 aliphatic rings. The number of hydrogen-bond acceptors (Lipinski definition) is 6. The molecule has 1 aromatic rings. The van der Waals surface area contributed by atoms with Crippen LogP contribution in [-0.2, 0) is 0 Å². The molecule has 0 bridgehead atoms. The molecule has 0 radical (unpaired) electrons. The van der Waals surface area contributed by atoms with Crippen molar-refractivity contribution in [3.63, 3.8) is 0 Å². The number of hydrogen-bond donors (Lipinski definition) is 1. The van der Waals surface area contributed by atoms with E-state index in [2.05, 4.69) is 50.8 Å². The van der Waals surface area contributed by atoms with Crippen LogP contribution in [0.25, 0.3) is 0 Å². The van der Waals surface area contributed by atoms with E-state index in [1.807, 2.05) is 7.05 Å². The zero-order valence-electron chi connectivity index (χ0n) is 13.1. The standard InChI is InChI=1S/C14H26N6/c1-5-19(6-2)13-16-12(15-4)17-14(18-13)20-10-8-7-9-11(20)3/h11H,5-10H2,1-4H3,(H,15,16,17,18). The summed E-state index contributed by atoms with van der Waals surface area (Å²) in [5.41, 5.74) is 0. The SMILES string of the molecule is CCN(CC)c1nc(NC)nc(N2CCCCC2C)n1. The quantitative estimate of drug-likeness (QED) is 0.890. The van der Waals surface area contributed by atoms with Gasteiger partial charge in [-0.15, -0.1) is 0 Å². The van der Waals surface area contributed by atoms with Gasteiger partial charge in [0.05, 0.1) is 0 Å². The number of nitrogens with zero attached hydrogens (tertiary/aromatic N) is 5. The molecule has 112 valence electrons. The molecule has 1 aromatic heterocycles. The van der Waals surface area contributed by atoms with Crippen LogP contribution in [-0.4, -0.2) is 47.7 Å². The summed E-state index contributed by atoms with van der Waals surface area (Å²) in [6, 6.07) is 0.500. The van der Waals surface area contributed by atoms with Gasteiger partial charge in [-0.25, -0.2) is 0 Å². The predicted molar refractivity (Wildman–Crippen MR) is 83.6 cm³/mol. The van der Waals surface area contributed by atoms with Gasteiger partial charge in [0, 0.05) is 32.7 Å². The largest absolute Gasteiger partial charge is 0.357 e. The van der Waals surface area contributed by atoms with Crippen LogP contribution >= 0.6 is 0 Å². The van der Waals surface area contributed by atoms with Crippen molar-refractivity contribution in [2.75, 3.05) is 41.8 Å². The maximum Gasteiger partial charge on any atom is 0.232 e. The molecule has 1 saturated heterocycles. The summed E-state index contributed by atoms with van der Waals surface area (Å²) < 4.78 is 0. The lowest BCUT2D eigenvalue weighted by molar-refractivity contribution is 0.476. The molecule has 6 heteroatoms. The highest BCUT2D eigenvalue weighted by Crippen LogP contribution is 2.23. The van der Waals surface area contributed by atoms with E-state index in [0.717, 1.165) is 31.5 Å². The van der Waals surface area contributed by atoms with E-state index in [0.29, 0.717) is 12.0 Å². The van der Waals surface area contributed by atoms with Crippen LogP contribution in [0.1, 0.15) is 40.0 Å². The zero-order chi connectivity index (χ0) is 14.5. The Morgan fingerprint density at radius 2 is 1.95 bits per heavy atom. The summed E-state index contributed by atoms with van der Waals surface area (Å²) in [7, 11) is 1.85. The first-order valence-corrected chi connectivity index (χ1v) is 7.65. The molecule has 2 rings (SSSR count). The Bertz CT molecular complexity index is 432. The molecule has 0 spiro atoms. The van der Waals surface area contributed by atoms with Gasteiger partial charge in [0.25, 0.3) is 0 Å². The number of aromatic nitrogens is 3. The molecule has 6 nitrogen and oxygen atoms in total. The fourth-order valence-electron chi connectivity index (χ4n) is 2.64. The van der Waals surface area contributed by atoms with Gasteiger partial charge in [-0.2, -0.15) is 15.0 Å². The van der Waals surface area contributed by atoms with Crippen molar-refractivity contribution in [1.82, 2.24) is 15.0 Å². The number of anilines is 3. The van der Waals surface area contributed by atoms with Crippen molar-refractivity contribution in [1.29, 1.82) is 0 Å². The van der Waals surface area contributed by atoms with Gasteiger partial charge in [-0.05, 0) is 40.0 Å². The lowest BCUT2D eigenvalue weighted by Gasteiger charge is -2.34. The summed E-state index contributed by atoms with van der Waals surface area (Å²) in [5.74, 6) is 2.22. The van der Waals surface area contributed by atoms with Crippen LogP contribution < -0.4 is 15.1 Å². The van der Waals surface area contributed by atoms with E-state index in [-0.39, 0.29) is 0 Å². The highest BCUT2D eigenvalue weighted by atomic mass is 15.4. The number of rotatable bonds is 5. The second-order valence-electron chi connectivity index (χ2n) is 5.22. The van der Waals surface area contributed by atoms with Crippen LogP contribution in [0.2, 0.25) is 0 Å².